The predicted molar refractivity (Wildman–Crippen MR) is 88.4 cm³/mol. The normalized spacial score (nSPS) is 24.4. The highest BCUT2D eigenvalue weighted by Gasteiger charge is 2.35. The molecule has 0 heterocycles. The number of unbranched alkanes of at least 4 members (excludes halogenated alkanes) is 1. The highest BCUT2D eigenvalue weighted by Crippen LogP contribution is 2.44. The van der Waals surface area contributed by atoms with Gasteiger partial charge in [0.15, 0.2) is 0 Å². The van der Waals surface area contributed by atoms with Gasteiger partial charge in [-0.25, -0.2) is 0 Å². The molecule has 0 aromatic rings. The van der Waals surface area contributed by atoms with Crippen LogP contribution in [0.3, 0.4) is 0 Å². The summed E-state index contributed by atoms with van der Waals surface area (Å²) < 4.78 is 7.09. The summed E-state index contributed by atoms with van der Waals surface area (Å²) in [5.74, 6) is 1.97. The Morgan fingerprint density at radius 2 is 2.11 bits per heavy atom. The molecule has 0 aliphatic heterocycles. The lowest BCUT2D eigenvalue weighted by molar-refractivity contribution is 0.0811. The quantitative estimate of drug-likeness (QED) is 0.235. The summed E-state index contributed by atoms with van der Waals surface area (Å²) in [6.45, 7) is 10.8. The number of allylic oxidation sites excluding steroid dienone is 1. The van der Waals surface area contributed by atoms with Gasteiger partial charge in [-0.15, -0.1) is 0 Å². The molecular formula is C16H29IO. The number of alkyl halides is 1. The van der Waals surface area contributed by atoms with E-state index in [0.717, 1.165) is 25.0 Å². The van der Waals surface area contributed by atoms with E-state index in [2.05, 4.69) is 56.4 Å². The van der Waals surface area contributed by atoms with E-state index in [9.17, 15) is 0 Å². The first-order valence-corrected chi connectivity index (χ1v) is 8.83. The lowest BCUT2D eigenvalue weighted by Gasteiger charge is -2.21. The second-order valence-electron chi connectivity index (χ2n) is 6.50. The van der Waals surface area contributed by atoms with Gasteiger partial charge in [0.25, 0.3) is 0 Å². The molecule has 2 unspecified atom stereocenters. The maximum Gasteiger partial charge on any atom is 0.0551 e. The Labute approximate surface area is 127 Å². The molecule has 0 spiro atoms. The summed E-state index contributed by atoms with van der Waals surface area (Å²) >= 11 is 2.52. The van der Waals surface area contributed by atoms with E-state index in [1.54, 1.807) is 5.57 Å². The van der Waals surface area contributed by atoms with Gasteiger partial charge >= 0.3 is 0 Å². The molecule has 0 N–H and O–H groups in total. The third-order valence-corrected chi connectivity index (χ3v) is 4.74. The number of hydrogen-bond acceptors (Lipinski definition) is 1. The molecule has 0 aromatic carbocycles. The first-order valence-electron chi connectivity index (χ1n) is 7.30. The molecule has 1 rings (SSSR count). The van der Waals surface area contributed by atoms with Gasteiger partial charge in [-0.3, -0.25) is 0 Å². The Morgan fingerprint density at radius 3 is 2.67 bits per heavy atom. The molecule has 106 valence electrons. The first kappa shape index (κ1) is 16.5. The van der Waals surface area contributed by atoms with Gasteiger partial charge < -0.3 is 4.74 Å². The molecule has 0 aromatic heterocycles. The van der Waals surface area contributed by atoms with Gasteiger partial charge in [0, 0.05) is 16.4 Å². The zero-order valence-corrected chi connectivity index (χ0v) is 14.6. The molecule has 2 heteroatoms. The fourth-order valence-corrected chi connectivity index (χ4v) is 3.59. The largest absolute Gasteiger partial charge is 0.381 e. The van der Waals surface area contributed by atoms with Crippen molar-refractivity contribution in [2.24, 2.45) is 17.3 Å². The molecule has 1 aliphatic rings. The van der Waals surface area contributed by atoms with Gasteiger partial charge in [-0.05, 0) is 38.0 Å². The van der Waals surface area contributed by atoms with Crippen molar-refractivity contribution in [2.75, 3.05) is 17.6 Å². The van der Waals surface area contributed by atoms with Crippen LogP contribution >= 0.6 is 22.6 Å². The van der Waals surface area contributed by atoms with Crippen LogP contribution in [0.4, 0.5) is 0 Å². The van der Waals surface area contributed by atoms with Crippen molar-refractivity contribution >= 4 is 22.6 Å². The van der Waals surface area contributed by atoms with Crippen molar-refractivity contribution in [1.29, 1.82) is 0 Å². The molecule has 0 bridgehead atoms. The summed E-state index contributed by atoms with van der Waals surface area (Å²) in [7, 11) is 0. The van der Waals surface area contributed by atoms with Gasteiger partial charge in [0.05, 0.1) is 6.61 Å². The zero-order valence-electron chi connectivity index (χ0n) is 12.5. The van der Waals surface area contributed by atoms with Gasteiger partial charge in [0.1, 0.15) is 0 Å². The maximum absolute atomic E-state index is 5.76. The monoisotopic (exact) mass is 364 g/mol. The van der Waals surface area contributed by atoms with Crippen molar-refractivity contribution in [3.05, 3.63) is 11.6 Å². The minimum atomic E-state index is 0.187. The third kappa shape index (κ3) is 6.55. The third-order valence-electron chi connectivity index (χ3n) is 3.60. The van der Waals surface area contributed by atoms with E-state index >= 15 is 0 Å². The molecule has 1 saturated carbocycles. The van der Waals surface area contributed by atoms with E-state index in [1.165, 1.54) is 30.1 Å². The van der Waals surface area contributed by atoms with Crippen molar-refractivity contribution in [1.82, 2.24) is 0 Å². The fraction of sp³-hybridized carbons (Fsp3) is 0.875. The average Bonchev–Trinajstić information content (AvgIpc) is 3.02. The summed E-state index contributed by atoms with van der Waals surface area (Å²) in [5, 5.41) is 0. The lowest BCUT2D eigenvalue weighted by Crippen LogP contribution is -2.17. The van der Waals surface area contributed by atoms with Crippen molar-refractivity contribution < 1.29 is 4.74 Å². The standard InChI is InChI=1S/C16H29IO/c1-5-6-7-18-12-16(3,4)10-13(2)8-14-9-15(14)11-17/h10,14-15H,5-9,11-12H2,1-4H3/b13-10+. The average molecular weight is 364 g/mol. The second-order valence-corrected chi connectivity index (χ2v) is 7.38. The smallest absolute Gasteiger partial charge is 0.0551 e. The van der Waals surface area contributed by atoms with Crippen LogP contribution in [0.1, 0.15) is 53.4 Å². The van der Waals surface area contributed by atoms with Crippen LogP contribution in [0.5, 0.6) is 0 Å². The number of ether oxygens (including phenoxy) is 1. The van der Waals surface area contributed by atoms with E-state index in [-0.39, 0.29) is 5.41 Å². The summed E-state index contributed by atoms with van der Waals surface area (Å²) in [5.41, 5.74) is 1.74. The molecule has 1 fully saturated rings. The minimum Gasteiger partial charge on any atom is -0.381 e. The van der Waals surface area contributed by atoms with Crippen LogP contribution in [-0.4, -0.2) is 17.6 Å². The Morgan fingerprint density at radius 1 is 1.39 bits per heavy atom. The van der Waals surface area contributed by atoms with E-state index in [1.807, 2.05) is 0 Å². The number of hydrogen-bond donors (Lipinski definition) is 0. The molecule has 1 aliphatic carbocycles. The van der Waals surface area contributed by atoms with Crippen molar-refractivity contribution in [3.63, 3.8) is 0 Å². The molecule has 0 saturated heterocycles. The Hall–Kier alpha value is 0.430. The molecule has 18 heavy (non-hydrogen) atoms. The highest BCUT2D eigenvalue weighted by molar-refractivity contribution is 14.1. The van der Waals surface area contributed by atoms with Crippen LogP contribution in [0, 0.1) is 17.3 Å². The van der Waals surface area contributed by atoms with Crippen LogP contribution in [-0.2, 0) is 4.74 Å². The van der Waals surface area contributed by atoms with E-state index < -0.39 is 0 Å². The van der Waals surface area contributed by atoms with Crippen LogP contribution < -0.4 is 0 Å². The van der Waals surface area contributed by atoms with Crippen LogP contribution in [0.15, 0.2) is 11.6 Å². The van der Waals surface area contributed by atoms with Crippen LogP contribution in [0.25, 0.3) is 0 Å². The number of rotatable bonds is 9. The maximum atomic E-state index is 5.76. The molecule has 0 radical (unpaired) electrons. The van der Waals surface area contributed by atoms with Gasteiger partial charge in [-0.1, -0.05) is 61.4 Å². The molecular weight excluding hydrogens is 335 g/mol. The predicted octanol–water partition coefficient (Wildman–Crippen LogP) is 5.24. The van der Waals surface area contributed by atoms with Crippen molar-refractivity contribution in [2.45, 2.75) is 53.4 Å². The zero-order chi connectivity index (χ0) is 13.6. The molecule has 1 nitrogen and oxygen atoms in total. The Kier molecular flexibility index (Phi) is 7.22. The molecule has 2 atom stereocenters. The van der Waals surface area contributed by atoms with E-state index in [0.29, 0.717) is 0 Å². The summed E-state index contributed by atoms with van der Waals surface area (Å²) in [6.07, 6.45) is 7.57. The SMILES string of the molecule is CCCCOCC(C)(C)/C=C(\C)CC1CC1CI. The summed E-state index contributed by atoms with van der Waals surface area (Å²) in [6, 6.07) is 0. The van der Waals surface area contributed by atoms with Crippen molar-refractivity contribution in [3.8, 4) is 0 Å². The van der Waals surface area contributed by atoms with E-state index in [4.69, 9.17) is 4.74 Å². The lowest BCUT2D eigenvalue weighted by atomic mass is 9.90. The van der Waals surface area contributed by atoms with Gasteiger partial charge in [0.2, 0.25) is 0 Å². The topological polar surface area (TPSA) is 9.23 Å². The first-order chi connectivity index (χ1) is 8.48. The minimum absolute atomic E-state index is 0.187. The van der Waals surface area contributed by atoms with Gasteiger partial charge in [-0.2, -0.15) is 0 Å². The van der Waals surface area contributed by atoms with Crippen LogP contribution in [0.2, 0.25) is 0 Å². The molecule has 0 amide bonds. The number of halogens is 1. The fourth-order valence-electron chi connectivity index (χ4n) is 2.51. The Bertz CT molecular complexity index is 270. The second kappa shape index (κ2) is 7.88. The summed E-state index contributed by atoms with van der Waals surface area (Å²) in [4.78, 5) is 0. The Balaban J connectivity index is 2.28. The highest BCUT2D eigenvalue weighted by atomic mass is 127.